The van der Waals surface area contributed by atoms with Crippen molar-refractivity contribution in [3.8, 4) is 11.5 Å². The number of methoxy groups -OCH3 is 2. The fourth-order valence-electron chi connectivity index (χ4n) is 3.25. The minimum atomic E-state index is -0.0714. The molecule has 1 unspecified atom stereocenters. The fourth-order valence-corrected chi connectivity index (χ4v) is 3.25. The van der Waals surface area contributed by atoms with Crippen molar-refractivity contribution in [2.24, 2.45) is 4.99 Å². The van der Waals surface area contributed by atoms with E-state index in [4.69, 9.17) is 19.2 Å². The molecular weight excluding hydrogens is 525 g/mol. The average molecular weight is 563 g/mol. The number of nitrogens with one attached hydrogen (secondary N) is 2. The van der Waals surface area contributed by atoms with Crippen LogP contribution >= 0.6 is 24.0 Å². The summed E-state index contributed by atoms with van der Waals surface area (Å²) in [7, 11) is 3.27. The van der Waals surface area contributed by atoms with E-state index in [0.29, 0.717) is 26.2 Å². The normalized spacial score (nSPS) is 15.5. The zero-order chi connectivity index (χ0) is 22.5. The first-order valence-electron chi connectivity index (χ1n) is 10.9. The van der Waals surface area contributed by atoms with Gasteiger partial charge in [0.1, 0.15) is 17.6 Å². The Morgan fingerprint density at radius 1 is 1.16 bits per heavy atom. The molecule has 1 aromatic rings. The Labute approximate surface area is 208 Å². The summed E-state index contributed by atoms with van der Waals surface area (Å²) in [5.74, 6) is 2.46. The second-order valence-corrected chi connectivity index (χ2v) is 7.41. The van der Waals surface area contributed by atoms with E-state index in [2.05, 4.69) is 27.4 Å². The zero-order valence-corrected chi connectivity index (χ0v) is 22.0. The molecule has 1 aromatic carbocycles. The highest BCUT2D eigenvalue weighted by atomic mass is 127. The Morgan fingerprint density at radius 3 is 2.53 bits per heavy atom. The van der Waals surface area contributed by atoms with Crippen LogP contribution in [0, 0.1) is 0 Å². The summed E-state index contributed by atoms with van der Waals surface area (Å²) in [4.78, 5) is 21.2. The van der Waals surface area contributed by atoms with E-state index in [1.165, 1.54) is 0 Å². The molecule has 1 amide bonds. The third-order valence-electron chi connectivity index (χ3n) is 4.88. The van der Waals surface area contributed by atoms with E-state index in [9.17, 15) is 4.79 Å². The third-order valence-corrected chi connectivity index (χ3v) is 4.88. The van der Waals surface area contributed by atoms with Crippen molar-refractivity contribution in [3.05, 3.63) is 24.3 Å². The van der Waals surface area contributed by atoms with Crippen LogP contribution in [0.2, 0.25) is 0 Å². The first kappa shape index (κ1) is 28.2. The van der Waals surface area contributed by atoms with Gasteiger partial charge in [0.2, 0.25) is 5.91 Å². The lowest BCUT2D eigenvalue weighted by Crippen LogP contribution is -2.54. The van der Waals surface area contributed by atoms with Gasteiger partial charge in [0.25, 0.3) is 0 Å². The minimum Gasteiger partial charge on any atom is -0.497 e. The molecule has 0 aliphatic carbocycles. The van der Waals surface area contributed by atoms with Gasteiger partial charge in [-0.2, -0.15) is 0 Å². The number of benzene rings is 1. The van der Waals surface area contributed by atoms with Gasteiger partial charge in [-0.15, -0.1) is 24.0 Å². The van der Waals surface area contributed by atoms with Crippen molar-refractivity contribution in [1.82, 2.24) is 20.4 Å². The molecule has 1 heterocycles. The Kier molecular flexibility index (Phi) is 14.1. The van der Waals surface area contributed by atoms with Gasteiger partial charge in [-0.05, 0) is 26.0 Å². The summed E-state index contributed by atoms with van der Waals surface area (Å²) in [5.41, 5.74) is 0. The van der Waals surface area contributed by atoms with Crippen molar-refractivity contribution < 1.29 is 19.0 Å². The number of rotatable bonds is 11. The maximum atomic E-state index is 12.0. The predicted octanol–water partition coefficient (Wildman–Crippen LogP) is 1.43. The molecule has 10 heteroatoms. The van der Waals surface area contributed by atoms with E-state index in [0.717, 1.165) is 50.2 Å². The number of nitrogens with zero attached hydrogens (tertiary/aromatic N) is 3. The van der Waals surface area contributed by atoms with Gasteiger partial charge in [-0.25, -0.2) is 4.99 Å². The quantitative estimate of drug-likeness (QED) is 0.182. The molecule has 1 atom stereocenters. The van der Waals surface area contributed by atoms with Gasteiger partial charge in [-0.3, -0.25) is 9.69 Å². The molecule has 32 heavy (non-hydrogen) atoms. The first-order valence-corrected chi connectivity index (χ1v) is 10.9. The lowest BCUT2D eigenvalue weighted by Gasteiger charge is -2.36. The Morgan fingerprint density at radius 2 is 1.88 bits per heavy atom. The van der Waals surface area contributed by atoms with Crippen molar-refractivity contribution in [3.63, 3.8) is 0 Å². The number of piperazine rings is 1. The van der Waals surface area contributed by atoms with Crippen LogP contribution in [-0.2, 0) is 9.53 Å². The first-order chi connectivity index (χ1) is 15.0. The summed E-state index contributed by atoms with van der Waals surface area (Å²) < 4.78 is 16.2. The van der Waals surface area contributed by atoms with Crippen LogP contribution in [0.25, 0.3) is 0 Å². The molecule has 0 saturated carbocycles. The molecule has 9 nitrogen and oxygen atoms in total. The van der Waals surface area contributed by atoms with Crippen LogP contribution in [0.4, 0.5) is 0 Å². The summed E-state index contributed by atoms with van der Waals surface area (Å²) in [6.07, 6.45) is -0.0714. The van der Waals surface area contributed by atoms with Crippen molar-refractivity contribution in [2.75, 3.05) is 73.2 Å². The summed E-state index contributed by atoms with van der Waals surface area (Å²) in [6.45, 7) is 10.2. The lowest BCUT2D eigenvalue weighted by atomic mass is 10.3. The number of carbonyl (C=O) groups excluding carboxylic acids is 1. The van der Waals surface area contributed by atoms with Crippen molar-refractivity contribution >= 4 is 35.8 Å². The Bertz CT molecular complexity index is 699. The number of ether oxygens (including phenoxy) is 3. The summed E-state index contributed by atoms with van der Waals surface area (Å²) in [6, 6.07) is 7.59. The van der Waals surface area contributed by atoms with Crippen molar-refractivity contribution in [1.29, 1.82) is 0 Å². The van der Waals surface area contributed by atoms with Gasteiger partial charge in [0.15, 0.2) is 5.96 Å². The number of hydrogen-bond acceptors (Lipinski definition) is 6. The largest absolute Gasteiger partial charge is 0.497 e. The molecule has 2 rings (SSSR count). The number of amides is 1. The second-order valence-electron chi connectivity index (χ2n) is 7.41. The van der Waals surface area contributed by atoms with Gasteiger partial charge >= 0.3 is 0 Å². The van der Waals surface area contributed by atoms with Gasteiger partial charge < -0.3 is 29.7 Å². The lowest BCUT2D eigenvalue weighted by molar-refractivity contribution is -0.122. The van der Waals surface area contributed by atoms with E-state index < -0.39 is 0 Å². The van der Waals surface area contributed by atoms with E-state index in [-0.39, 0.29) is 36.0 Å². The van der Waals surface area contributed by atoms with Crippen molar-refractivity contribution in [2.45, 2.75) is 20.0 Å². The van der Waals surface area contributed by atoms with Gasteiger partial charge in [0.05, 0.1) is 26.8 Å². The van der Waals surface area contributed by atoms with E-state index in [1.54, 1.807) is 14.2 Å². The summed E-state index contributed by atoms with van der Waals surface area (Å²) in [5, 5.41) is 6.24. The molecule has 0 bridgehead atoms. The maximum absolute atomic E-state index is 12.0. The van der Waals surface area contributed by atoms with Gasteiger partial charge in [-0.1, -0.05) is 6.07 Å². The molecule has 1 aliphatic rings. The van der Waals surface area contributed by atoms with Crippen LogP contribution < -0.4 is 20.1 Å². The highest BCUT2D eigenvalue weighted by molar-refractivity contribution is 14.0. The number of halogens is 1. The SMILES string of the molecule is CCNC(=NCC(C)Oc1cccc(OC)c1)N1CCN(CC(=O)NCCOC)CC1.I. The standard InChI is InChI=1S/C22H37N5O4.HI/c1-5-23-22(25-16-18(2)31-20-8-6-7-19(15-20)30-4)27-12-10-26(11-13-27)17-21(28)24-9-14-29-3;/h6-8,15,18H,5,9-14,16-17H2,1-4H3,(H,23,25)(H,24,28);1H. The molecule has 1 saturated heterocycles. The molecular formula is C22H38IN5O4. The molecule has 1 fully saturated rings. The second kappa shape index (κ2) is 15.9. The Balaban J connectivity index is 0.00000512. The predicted molar refractivity (Wildman–Crippen MR) is 137 cm³/mol. The third kappa shape index (κ3) is 10.2. The minimum absolute atomic E-state index is 0. The zero-order valence-electron chi connectivity index (χ0n) is 19.6. The highest BCUT2D eigenvalue weighted by Gasteiger charge is 2.21. The monoisotopic (exact) mass is 563 g/mol. The average Bonchev–Trinajstić information content (AvgIpc) is 2.77. The molecule has 2 N–H and O–H groups in total. The number of carbonyl (C=O) groups is 1. The molecule has 0 aromatic heterocycles. The molecule has 182 valence electrons. The fraction of sp³-hybridized carbons (Fsp3) is 0.636. The van der Waals surface area contributed by atoms with Crippen LogP contribution in [0.15, 0.2) is 29.3 Å². The van der Waals surface area contributed by atoms with Crippen LogP contribution in [0.3, 0.4) is 0 Å². The number of guanidine groups is 1. The summed E-state index contributed by atoms with van der Waals surface area (Å²) >= 11 is 0. The van der Waals surface area contributed by atoms with Gasteiger partial charge in [0, 0.05) is 52.4 Å². The van der Waals surface area contributed by atoms with E-state index in [1.807, 2.05) is 31.2 Å². The van der Waals surface area contributed by atoms with E-state index >= 15 is 0 Å². The topological polar surface area (TPSA) is 87.7 Å². The number of hydrogen-bond donors (Lipinski definition) is 2. The van der Waals surface area contributed by atoms with Crippen LogP contribution in [0.5, 0.6) is 11.5 Å². The Hall–Kier alpha value is -1.79. The molecule has 1 aliphatic heterocycles. The van der Waals surface area contributed by atoms with Crippen LogP contribution in [0.1, 0.15) is 13.8 Å². The molecule has 0 radical (unpaired) electrons. The maximum Gasteiger partial charge on any atom is 0.234 e. The smallest absolute Gasteiger partial charge is 0.234 e. The highest BCUT2D eigenvalue weighted by Crippen LogP contribution is 2.20. The number of aliphatic imine (C=N–C) groups is 1. The molecule has 0 spiro atoms. The van der Waals surface area contributed by atoms with Crippen LogP contribution in [-0.4, -0.2) is 101 Å².